The molecule has 0 bridgehead atoms. The summed E-state index contributed by atoms with van der Waals surface area (Å²) in [6.07, 6.45) is 2.15. The van der Waals surface area contributed by atoms with Gasteiger partial charge in [-0.05, 0) is 19.4 Å². The van der Waals surface area contributed by atoms with E-state index in [1.165, 1.54) is 11.3 Å². The molecule has 0 saturated heterocycles. The predicted molar refractivity (Wildman–Crippen MR) is 65.0 cm³/mol. The molecule has 16 heavy (non-hydrogen) atoms. The number of nitrogens with one attached hydrogen (secondary N) is 1. The lowest BCUT2D eigenvalue weighted by Crippen LogP contribution is -2.15. The quantitative estimate of drug-likeness (QED) is 0.750. The van der Waals surface area contributed by atoms with Crippen LogP contribution in [0.5, 0.6) is 0 Å². The SMILES string of the molecule is CCCS(=O)(=O)Nc1nnc(CCCN)s1. The summed E-state index contributed by atoms with van der Waals surface area (Å²) in [5.74, 6) is 0.102. The van der Waals surface area contributed by atoms with Crippen LogP contribution in [0.3, 0.4) is 0 Å². The third-order valence-electron chi connectivity index (χ3n) is 1.78. The van der Waals surface area contributed by atoms with Gasteiger partial charge in [-0.1, -0.05) is 18.3 Å². The first-order valence-corrected chi connectivity index (χ1v) is 7.57. The van der Waals surface area contributed by atoms with E-state index in [2.05, 4.69) is 14.9 Å². The van der Waals surface area contributed by atoms with Gasteiger partial charge < -0.3 is 5.73 Å². The zero-order chi connectivity index (χ0) is 12.0. The smallest absolute Gasteiger partial charge is 0.234 e. The molecule has 0 aromatic carbocycles. The van der Waals surface area contributed by atoms with Crippen molar-refractivity contribution in [2.45, 2.75) is 26.2 Å². The van der Waals surface area contributed by atoms with Crippen LogP contribution in [0.2, 0.25) is 0 Å². The van der Waals surface area contributed by atoms with Gasteiger partial charge in [-0.2, -0.15) is 0 Å². The van der Waals surface area contributed by atoms with Crippen molar-refractivity contribution in [3.8, 4) is 0 Å². The number of nitrogens with two attached hydrogens (primary N) is 1. The highest BCUT2D eigenvalue weighted by atomic mass is 32.2. The summed E-state index contributed by atoms with van der Waals surface area (Å²) in [4.78, 5) is 0. The van der Waals surface area contributed by atoms with Gasteiger partial charge in [-0.3, -0.25) is 4.72 Å². The van der Waals surface area contributed by atoms with Gasteiger partial charge in [0.15, 0.2) is 0 Å². The molecule has 0 fully saturated rings. The largest absolute Gasteiger partial charge is 0.330 e. The summed E-state index contributed by atoms with van der Waals surface area (Å²) in [5, 5.41) is 8.80. The molecule has 1 aromatic heterocycles. The van der Waals surface area contributed by atoms with E-state index < -0.39 is 10.0 Å². The van der Waals surface area contributed by atoms with E-state index in [1.807, 2.05) is 6.92 Å². The number of sulfonamides is 1. The highest BCUT2D eigenvalue weighted by Gasteiger charge is 2.12. The van der Waals surface area contributed by atoms with Crippen molar-refractivity contribution in [1.29, 1.82) is 0 Å². The Labute approximate surface area is 99.3 Å². The highest BCUT2D eigenvalue weighted by Crippen LogP contribution is 2.17. The van der Waals surface area contributed by atoms with Crippen LogP contribution in [0, 0.1) is 0 Å². The van der Waals surface area contributed by atoms with E-state index in [0.717, 1.165) is 17.8 Å². The molecular formula is C8H16N4O2S2. The summed E-state index contributed by atoms with van der Waals surface area (Å²) < 4.78 is 25.3. The van der Waals surface area contributed by atoms with Crippen molar-refractivity contribution in [3.63, 3.8) is 0 Å². The molecule has 0 amide bonds. The van der Waals surface area contributed by atoms with Crippen LogP contribution < -0.4 is 10.5 Å². The van der Waals surface area contributed by atoms with Gasteiger partial charge in [0.25, 0.3) is 0 Å². The standard InChI is InChI=1S/C8H16N4O2S2/c1-2-6-16(13,14)12-8-11-10-7(15-8)4-3-5-9/h2-6,9H2,1H3,(H,11,12). The van der Waals surface area contributed by atoms with Crippen LogP contribution in [-0.2, 0) is 16.4 Å². The maximum atomic E-state index is 11.4. The first-order chi connectivity index (χ1) is 7.57. The molecule has 0 radical (unpaired) electrons. The summed E-state index contributed by atoms with van der Waals surface area (Å²) in [6.45, 7) is 2.41. The number of hydrogen-bond donors (Lipinski definition) is 2. The molecule has 1 heterocycles. The van der Waals surface area contributed by atoms with Crippen LogP contribution in [0.25, 0.3) is 0 Å². The minimum atomic E-state index is -3.26. The first-order valence-electron chi connectivity index (χ1n) is 5.10. The Morgan fingerprint density at radius 3 is 2.81 bits per heavy atom. The number of rotatable bonds is 7. The normalized spacial score (nSPS) is 11.6. The minimum Gasteiger partial charge on any atom is -0.330 e. The van der Waals surface area contributed by atoms with E-state index in [9.17, 15) is 8.42 Å². The average Bonchev–Trinajstić information content (AvgIpc) is 2.61. The molecule has 3 N–H and O–H groups in total. The lowest BCUT2D eigenvalue weighted by Gasteiger charge is -2.01. The maximum Gasteiger partial charge on any atom is 0.234 e. The van der Waals surface area contributed by atoms with Gasteiger partial charge in [-0.15, -0.1) is 10.2 Å². The molecule has 0 aliphatic carbocycles. The molecular weight excluding hydrogens is 248 g/mol. The van der Waals surface area contributed by atoms with Crippen molar-refractivity contribution in [2.75, 3.05) is 17.0 Å². The monoisotopic (exact) mass is 264 g/mol. The van der Waals surface area contributed by atoms with Gasteiger partial charge in [0.05, 0.1) is 5.75 Å². The second kappa shape index (κ2) is 6.12. The fourth-order valence-corrected chi connectivity index (χ4v) is 3.23. The third kappa shape index (κ3) is 4.42. The number of hydrogen-bond acceptors (Lipinski definition) is 6. The Kier molecular flexibility index (Phi) is 5.10. The van der Waals surface area contributed by atoms with Gasteiger partial charge in [-0.25, -0.2) is 8.42 Å². The average molecular weight is 264 g/mol. The molecule has 0 atom stereocenters. The Morgan fingerprint density at radius 1 is 1.44 bits per heavy atom. The maximum absolute atomic E-state index is 11.4. The molecule has 92 valence electrons. The van der Waals surface area contributed by atoms with Crippen molar-refractivity contribution in [3.05, 3.63) is 5.01 Å². The lowest BCUT2D eigenvalue weighted by atomic mass is 10.3. The van der Waals surface area contributed by atoms with E-state index in [0.29, 0.717) is 18.1 Å². The zero-order valence-corrected chi connectivity index (χ0v) is 10.8. The van der Waals surface area contributed by atoms with Gasteiger partial charge in [0.1, 0.15) is 5.01 Å². The summed E-state index contributed by atoms with van der Waals surface area (Å²) in [5.41, 5.74) is 5.37. The molecule has 0 aliphatic heterocycles. The number of aromatic nitrogens is 2. The number of aryl methyl sites for hydroxylation is 1. The second-order valence-electron chi connectivity index (χ2n) is 3.31. The van der Waals surface area contributed by atoms with Crippen LogP contribution in [0.4, 0.5) is 5.13 Å². The molecule has 0 aliphatic rings. The van der Waals surface area contributed by atoms with Gasteiger partial charge in [0.2, 0.25) is 15.2 Å². The number of anilines is 1. The molecule has 6 nitrogen and oxygen atoms in total. The predicted octanol–water partition coefficient (Wildman–Crippen LogP) is 0.581. The van der Waals surface area contributed by atoms with E-state index in [-0.39, 0.29) is 5.75 Å². The first kappa shape index (κ1) is 13.3. The Bertz CT molecular complexity index is 415. The molecule has 0 saturated carbocycles. The highest BCUT2D eigenvalue weighted by molar-refractivity contribution is 7.92. The summed E-state index contributed by atoms with van der Waals surface area (Å²) in [7, 11) is -3.26. The Balaban J connectivity index is 2.58. The van der Waals surface area contributed by atoms with E-state index in [4.69, 9.17) is 5.73 Å². The molecule has 0 spiro atoms. The summed E-state index contributed by atoms with van der Waals surface area (Å²) >= 11 is 1.26. The van der Waals surface area contributed by atoms with E-state index >= 15 is 0 Å². The topological polar surface area (TPSA) is 98.0 Å². The van der Waals surface area contributed by atoms with Crippen molar-refractivity contribution < 1.29 is 8.42 Å². The van der Waals surface area contributed by atoms with Crippen LogP contribution in [0.15, 0.2) is 0 Å². The summed E-state index contributed by atoms with van der Waals surface area (Å²) in [6, 6.07) is 0. The number of nitrogens with zero attached hydrogens (tertiary/aromatic N) is 2. The minimum absolute atomic E-state index is 0.102. The van der Waals surface area contributed by atoms with Crippen LogP contribution in [-0.4, -0.2) is 30.9 Å². The van der Waals surface area contributed by atoms with Crippen molar-refractivity contribution in [1.82, 2.24) is 10.2 Å². The van der Waals surface area contributed by atoms with Crippen LogP contribution in [0.1, 0.15) is 24.8 Å². The third-order valence-corrected chi connectivity index (χ3v) is 4.26. The molecule has 1 rings (SSSR count). The molecule has 1 aromatic rings. The molecule has 0 unspecified atom stereocenters. The fraction of sp³-hybridized carbons (Fsp3) is 0.750. The second-order valence-corrected chi connectivity index (χ2v) is 6.22. The lowest BCUT2D eigenvalue weighted by molar-refractivity contribution is 0.600. The van der Waals surface area contributed by atoms with Crippen molar-refractivity contribution >= 4 is 26.5 Å². The molecule has 8 heteroatoms. The fourth-order valence-electron chi connectivity index (χ4n) is 1.10. The van der Waals surface area contributed by atoms with Crippen molar-refractivity contribution in [2.24, 2.45) is 5.73 Å². The van der Waals surface area contributed by atoms with Crippen LogP contribution >= 0.6 is 11.3 Å². The zero-order valence-electron chi connectivity index (χ0n) is 9.14. The van der Waals surface area contributed by atoms with E-state index in [1.54, 1.807) is 0 Å². The Morgan fingerprint density at radius 2 is 2.19 bits per heavy atom. The van der Waals surface area contributed by atoms with Gasteiger partial charge in [0, 0.05) is 6.42 Å². The van der Waals surface area contributed by atoms with Gasteiger partial charge >= 0.3 is 0 Å². The Hall–Kier alpha value is -0.730.